The van der Waals surface area contributed by atoms with E-state index in [1.807, 2.05) is 0 Å². The number of carbonyl (C=O) groups is 2. The first-order valence-corrected chi connectivity index (χ1v) is 14.4. The van der Waals surface area contributed by atoms with Gasteiger partial charge in [-0.05, 0) is 49.5 Å². The predicted octanol–water partition coefficient (Wildman–Crippen LogP) is 4.89. The highest BCUT2D eigenvalue weighted by Crippen LogP contribution is 2.72. The summed E-state index contributed by atoms with van der Waals surface area (Å²) in [5, 5.41) is 13.2. The Kier molecular flexibility index (Phi) is 6.51. The van der Waals surface area contributed by atoms with Crippen molar-refractivity contribution in [3.05, 3.63) is 52.6 Å². The molecule has 11 heteroatoms. The lowest BCUT2D eigenvalue weighted by molar-refractivity contribution is -0.385. The quantitative estimate of drug-likeness (QED) is 0.231. The molecule has 0 aromatic heterocycles. The number of halogens is 3. The Balaban J connectivity index is 1.62. The molecule has 1 N–H and O–H groups in total. The van der Waals surface area contributed by atoms with Crippen LogP contribution in [0.5, 0.6) is 0 Å². The summed E-state index contributed by atoms with van der Waals surface area (Å²) in [5.74, 6) is -2.63. The summed E-state index contributed by atoms with van der Waals surface area (Å²) in [6.45, 7) is 5.07. The van der Waals surface area contributed by atoms with Gasteiger partial charge in [-0.3, -0.25) is 29.9 Å². The zero-order valence-corrected chi connectivity index (χ0v) is 22.4. The maximum atomic E-state index is 14.7. The van der Waals surface area contributed by atoms with Crippen molar-refractivity contribution in [1.82, 2.24) is 15.1 Å². The largest absolute Gasteiger partial charge is 0.484 e. The fourth-order valence-corrected chi connectivity index (χ4v) is 9.77. The average Bonchev–Trinajstić information content (AvgIpc) is 3.47. The van der Waals surface area contributed by atoms with Crippen molar-refractivity contribution >= 4 is 17.5 Å². The number of likely N-dealkylation sites (tertiary alicyclic amines) is 1. The predicted molar refractivity (Wildman–Crippen MR) is 140 cm³/mol. The van der Waals surface area contributed by atoms with Crippen molar-refractivity contribution in [1.29, 1.82) is 0 Å². The Morgan fingerprint density at radius 3 is 2.60 bits per heavy atom. The van der Waals surface area contributed by atoms with Crippen LogP contribution in [-0.2, 0) is 15.1 Å². The maximum absolute atomic E-state index is 14.7. The van der Waals surface area contributed by atoms with Gasteiger partial charge in [-0.15, -0.1) is 6.58 Å². The summed E-state index contributed by atoms with van der Waals surface area (Å²) in [7, 11) is 0. The number of hydrogen-bond donors (Lipinski definition) is 1. The minimum atomic E-state index is -4.94. The molecule has 3 aliphatic carbocycles. The van der Waals surface area contributed by atoms with Crippen LogP contribution in [0, 0.1) is 33.8 Å². The van der Waals surface area contributed by atoms with Crippen LogP contribution in [0.15, 0.2) is 36.9 Å². The molecule has 4 bridgehead atoms. The summed E-state index contributed by atoms with van der Waals surface area (Å²) in [6.07, 6.45) is 3.49. The maximum Gasteiger partial charge on any atom is 0.484 e. The van der Waals surface area contributed by atoms with Gasteiger partial charge in [-0.2, -0.15) is 13.2 Å². The smallest absolute Gasteiger partial charge is 0.318 e. The van der Waals surface area contributed by atoms with Gasteiger partial charge < -0.3 is 4.90 Å². The molecule has 1 aromatic rings. The minimum Gasteiger partial charge on any atom is -0.318 e. The number of nitro benzene ring substituents is 1. The molecule has 6 fully saturated rings. The third-order valence-corrected chi connectivity index (χ3v) is 10.7. The van der Waals surface area contributed by atoms with E-state index >= 15 is 0 Å². The summed E-state index contributed by atoms with van der Waals surface area (Å²) in [4.78, 5) is 43.6. The molecule has 0 radical (unpaired) electrons. The van der Waals surface area contributed by atoms with E-state index in [0.29, 0.717) is 44.3 Å². The van der Waals surface area contributed by atoms with Crippen LogP contribution in [0.1, 0.15) is 63.4 Å². The van der Waals surface area contributed by atoms with Gasteiger partial charge in [-0.1, -0.05) is 43.9 Å². The number of hydrogen-bond acceptors (Lipinski definition) is 5. The lowest BCUT2D eigenvalue weighted by Crippen LogP contribution is -2.81. The Labute approximate surface area is 231 Å². The molecule has 3 saturated carbocycles. The Morgan fingerprint density at radius 1 is 1.18 bits per heavy atom. The molecule has 3 aliphatic heterocycles. The van der Waals surface area contributed by atoms with E-state index in [1.165, 1.54) is 17.4 Å². The van der Waals surface area contributed by atoms with Crippen molar-refractivity contribution in [3.63, 3.8) is 0 Å². The monoisotopic (exact) mass is 560 g/mol. The van der Waals surface area contributed by atoms with Gasteiger partial charge in [0.2, 0.25) is 11.8 Å². The van der Waals surface area contributed by atoms with Crippen LogP contribution >= 0.6 is 0 Å². The number of nitrogens with zero attached hydrogens (tertiary/aromatic N) is 3. The summed E-state index contributed by atoms with van der Waals surface area (Å²) in [6, 6.07) is 4.96. The lowest BCUT2D eigenvalue weighted by Gasteiger charge is -2.69. The van der Waals surface area contributed by atoms with Gasteiger partial charge in [0.15, 0.2) is 0 Å². The average molecular weight is 561 g/mol. The first-order chi connectivity index (χ1) is 19.1. The summed E-state index contributed by atoms with van der Waals surface area (Å²) in [5.41, 5.74) is -1.40. The molecular formula is C29H35F3N4O4. The summed E-state index contributed by atoms with van der Waals surface area (Å²) < 4.78 is 40.8. The molecule has 6 atom stereocenters. The first-order valence-electron chi connectivity index (χ1n) is 14.4. The fraction of sp³-hybridized carbons (Fsp3) is 0.655. The molecule has 40 heavy (non-hydrogen) atoms. The number of non-ortho nitro benzene ring substituents is 1. The van der Waals surface area contributed by atoms with Gasteiger partial charge in [0.1, 0.15) is 6.04 Å². The highest BCUT2D eigenvalue weighted by molar-refractivity contribution is 5.91. The van der Waals surface area contributed by atoms with Gasteiger partial charge in [0.05, 0.1) is 16.0 Å². The molecule has 8 nitrogen and oxygen atoms in total. The Bertz CT molecular complexity index is 1230. The number of rotatable bonds is 6. The number of amides is 2. The van der Waals surface area contributed by atoms with Gasteiger partial charge in [0, 0.05) is 37.1 Å². The van der Waals surface area contributed by atoms with E-state index < -0.39 is 46.1 Å². The van der Waals surface area contributed by atoms with E-state index in [1.54, 1.807) is 23.1 Å². The van der Waals surface area contributed by atoms with Crippen molar-refractivity contribution in [2.75, 3.05) is 13.1 Å². The number of carbonyl (C=O) groups excluding carboxylic acids is 2. The molecule has 1 spiro atoms. The van der Waals surface area contributed by atoms with Crippen LogP contribution in [0.4, 0.5) is 18.9 Å². The molecule has 1 aromatic carbocycles. The summed E-state index contributed by atoms with van der Waals surface area (Å²) >= 11 is 0. The second kappa shape index (κ2) is 9.56. The van der Waals surface area contributed by atoms with E-state index in [2.05, 4.69) is 11.5 Å². The van der Waals surface area contributed by atoms with Gasteiger partial charge in [0.25, 0.3) is 5.69 Å². The third kappa shape index (κ3) is 3.68. The van der Waals surface area contributed by atoms with Crippen LogP contribution in [0.25, 0.3) is 0 Å². The number of fused-ring (bicyclic) bond motifs is 1. The van der Waals surface area contributed by atoms with Crippen molar-refractivity contribution in [3.8, 4) is 0 Å². The van der Waals surface area contributed by atoms with Gasteiger partial charge in [-0.25, -0.2) is 0 Å². The van der Waals surface area contributed by atoms with Crippen LogP contribution < -0.4 is 5.32 Å². The second-order valence-corrected chi connectivity index (χ2v) is 12.3. The lowest BCUT2D eigenvalue weighted by atomic mass is 9.48. The zero-order valence-electron chi connectivity index (χ0n) is 22.4. The van der Waals surface area contributed by atoms with Gasteiger partial charge >= 0.3 is 6.30 Å². The number of nitro groups is 1. The van der Waals surface area contributed by atoms with Crippen LogP contribution in [-0.4, -0.2) is 57.5 Å². The number of alkyl halides is 3. The van der Waals surface area contributed by atoms with Crippen molar-refractivity contribution in [2.45, 2.75) is 81.2 Å². The van der Waals surface area contributed by atoms with E-state index in [9.17, 15) is 32.9 Å². The van der Waals surface area contributed by atoms with E-state index in [-0.39, 0.29) is 23.4 Å². The number of piperidine rings is 2. The fourth-order valence-electron chi connectivity index (χ4n) is 9.77. The highest BCUT2D eigenvalue weighted by atomic mass is 19.4. The highest BCUT2D eigenvalue weighted by Gasteiger charge is 2.80. The minimum absolute atomic E-state index is 0.134. The topological polar surface area (TPSA) is 95.8 Å². The molecule has 7 rings (SSSR count). The molecule has 216 valence electrons. The van der Waals surface area contributed by atoms with Crippen LogP contribution in [0.2, 0.25) is 0 Å². The van der Waals surface area contributed by atoms with Crippen molar-refractivity contribution in [2.24, 2.45) is 23.7 Å². The molecule has 2 amide bonds. The zero-order chi connectivity index (χ0) is 28.4. The molecule has 3 saturated heterocycles. The number of nitrogens with one attached hydrogen (secondary N) is 1. The van der Waals surface area contributed by atoms with Crippen molar-refractivity contribution < 1.29 is 27.7 Å². The Morgan fingerprint density at radius 2 is 1.93 bits per heavy atom. The Hall–Kier alpha value is -2.95. The SMILES string of the molecule is C=CCN1C[C@@H]2C[C@H]3[C@@H](C(=O)NC(F)(F)F)N(C(=O)C4CCCCC4)[C@]2(c2cccc([N+](=O)[O-])c2)[C@@]12CCC[C@H]32. The first kappa shape index (κ1) is 27.2. The van der Waals surface area contributed by atoms with E-state index in [4.69, 9.17) is 0 Å². The second-order valence-electron chi connectivity index (χ2n) is 12.3. The number of benzene rings is 1. The molecule has 6 aliphatic rings. The molecular weight excluding hydrogens is 525 g/mol. The molecule has 3 heterocycles. The third-order valence-electron chi connectivity index (χ3n) is 10.7. The normalized spacial score (nSPS) is 35.4. The van der Waals surface area contributed by atoms with Crippen LogP contribution in [0.3, 0.4) is 0 Å². The molecule has 0 unspecified atom stereocenters. The standard InChI is InChI=1S/C29H35F3N4O4/c1-2-14-34-17-20-16-22-23-12-7-13-27(23,34)28(20,19-10-6-11-21(15-19)36(39)40)35(24(22)25(37)33-29(30,31)32)26(38)18-8-4-3-5-9-18/h2,6,10-11,15,18,20,22-24H,1,3-5,7-9,12-14,16-17H2,(H,33,37)/t20-,22+,23+,24-,27-,28-/m0/s1. The van der Waals surface area contributed by atoms with E-state index in [0.717, 1.165) is 32.1 Å².